The number of ether oxygens (including phenoxy) is 1. The van der Waals surface area contributed by atoms with Crippen LogP contribution in [0.1, 0.15) is 26.2 Å². The van der Waals surface area contributed by atoms with Crippen LogP contribution >= 0.6 is 0 Å². The second-order valence-electron chi connectivity index (χ2n) is 2.33. The smallest absolute Gasteiger partial charge is 0.207 e. The molecule has 0 aliphatic rings. The van der Waals surface area contributed by atoms with E-state index in [-0.39, 0.29) is 0 Å². The molecular weight excluding hydrogens is 142 g/mol. The Morgan fingerprint density at radius 3 is 2.82 bits per heavy atom. The molecule has 0 aromatic heterocycles. The summed E-state index contributed by atoms with van der Waals surface area (Å²) in [5.74, 6) is 0. The van der Waals surface area contributed by atoms with Gasteiger partial charge in [-0.3, -0.25) is 4.79 Å². The van der Waals surface area contributed by atoms with Crippen LogP contribution in [-0.2, 0) is 9.53 Å². The minimum Gasteiger partial charge on any atom is -0.382 e. The van der Waals surface area contributed by atoms with Gasteiger partial charge >= 0.3 is 0 Å². The number of nitrogens with one attached hydrogen (secondary N) is 1. The van der Waals surface area contributed by atoms with Gasteiger partial charge in [0.1, 0.15) is 0 Å². The molecular formula is C8H17NO2. The molecule has 0 saturated heterocycles. The molecule has 1 N–H and O–H groups in total. The highest BCUT2D eigenvalue weighted by Gasteiger charge is 1.87. The first-order valence-corrected chi connectivity index (χ1v) is 4.16. The third-order valence-corrected chi connectivity index (χ3v) is 1.40. The lowest BCUT2D eigenvalue weighted by Gasteiger charge is -2.00. The number of unbranched alkanes of at least 4 members (excludes halogenated alkanes) is 2. The zero-order valence-electron chi connectivity index (χ0n) is 7.14. The quantitative estimate of drug-likeness (QED) is 0.423. The fraction of sp³-hybridized carbons (Fsp3) is 0.875. The van der Waals surface area contributed by atoms with Crippen molar-refractivity contribution in [2.45, 2.75) is 26.2 Å². The van der Waals surface area contributed by atoms with Gasteiger partial charge in [-0.1, -0.05) is 0 Å². The summed E-state index contributed by atoms with van der Waals surface area (Å²) in [5, 5.41) is 2.62. The van der Waals surface area contributed by atoms with Gasteiger partial charge < -0.3 is 10.1 Å². The average molecular weight is 159 g/mol. The van der Waals surface area contributed by atoms with E-state index in [9.17, 15) is 4.79 Å². The summed E-state index contributed by atoms with van der Waals surface area (Å²) in [6.07, 6.45) is 4.00. The highest BCUT2D eigenvalue weighted by molar-refractivity contribution is 5.45. The standard InChI is InChI=1S/C8H17NO2/c1-2-11-7-5-3-4-6-9-8-10/h8H,2-7H2,1H3,(H,9,10). The molecule has 1 amide bonds. The summed E-state index contributed by atoms with van der Waals surface area (Å²) in [5.41, 5.74) is 0. The molecule has 0 bridgehead atoms. The number of carbonyl (C=O) groups excluding carboxylic acids is 1. The van der Waals surface area contributed by atoms with Crippen LogP contribution in [0.4, 0.5) is 0 Å². The van der Waals surface area contributed by atoms with Gasteiger partial charge in [0.25, 0.3) is 0 Å². The predicted octanol–water partition coefficient (Wildman–Crippen LogP) is 0.939. The van der Waals surface area contributed by atoms with Gasteiger partial charge in [0.2, 0.25) is 6.41 Å². The van der Waals surface area contributed by atoms with Crippen molar-refractivity contribution in [2.75, 3.05) is 19.8 Å². The number of amides is 1. The highest BCUT2D eigenvalue weighted by atomic mass is 16.5. The zero-order chi connectivity index (χ0) is 8.36. The number of carbonyl (C=O) groups is 1. The topological polar surface area (TPSA) is 38.3 Å². The molecule has 0 aliphatic carbocycles. The van der Waals surface area contributed by atoms with E-state index in [1.807, 2.05) is 6.92 Å². The van der Waals surface area contributed by atoms with E-state index in [0.29, 0.717) is 0 Å². The molecule has 3 nitrogen and oxygen atoms in total. The number of rotatable bonds is 8. The van der Waals surface area contributed by atoms with Crippen molar-refractivity contribution in [3.8, 4) is 0 Å². The first-order valence-electron chi connectivity index (χ1n) is 4.16. The minimum absolute atomic E-state index is 0.739. The molecule has 0 fully saturated rings. The maximum atomic E-state index is 9.80. The summed E-state index contributed by atoms with van der Waals surface area (Å²) >= 11 is 0. The summed E-state index contributed by atoms with van der Waals surface area (Å²) in [6.45, 7) is 4.42. The fourth-order valence-electron chi connectivity index (χ4n) is 0.811. The Bertz CT molecular complexity index is 86.2. The number of hydrogen-bond donors (Lipinski definition) is 1. The molecule has 3 heteroatoms. The van der Waals surface area contributed by atoms with Crippen LogP contribution in [0.3, 0.4) is 0 Å². The fourth-order valence-corrected chi connectivity index (χ4v) is 0.811. The predicted molar refractivity (Wildman–Crippen MR) is 44.4 cm³/mol. The molecule has 11 heavy (non-hydrogen) atoms. The van der Waals surface area contributed by atoms with Gasteiger partial charge in [0.05, 0.1) is 0 Å². The van der Waals surface area contributed by atoms with Crippen molar-refractivity contribution in [1.82, 2.24) is 5.32 Å². The van der Waals surface area contributed by atoms with Gasteiger partial charge in [0.15, 0.2) is 0 Å². The van der Waals surface area contributed by atoms with Gasteiger partial charge in [-0.25, -0.2) is 0 Å². The zero-order valence-corrected chi connectivity index (χ0v) is 7.14. The SMILES string of the molecule is CCOCCCCCNC=O. The van der Waals surface area contributed by atoms with Crippen LogP contribution in [0.5, 0.6) is 0 Å². The Kier molecular flexibility index (Phi) is 8.94. The Balaban J connectivity index is 2.74. The van der Waals surface area contributed by atoms with E-state index in [1.165, 1.54) is 0 Å². The van der Waals surface area contributed by atoms with Gasteiger partial charge in [-0.05, 0) is 26.2 Å². The Morgan fingerprint density at radius 1 is 1.36 bits per heavy atom. The van der Waals surface area contributed by atoms with Crippen LogP contribution in [-0.4, -0.2) is 26.2 Å². The Labute approximate surface area is 68.1 Å². The molecule has 0 radical (unpaired) electrons. The monoisotopic (exact) mass is 159 g/mol. The van der Waals surface area contributed by atoms with E-state index >= 15 is 0 Å². The molecule has 0 unspecified atom stereocenters. The minimum atomic E-state index is 0.739. The molecule has 0 saturated carbocycles. The first-order chi connectivity index (χ1) is 5.41. The second kappa shape index (κ2) is 9.43. The van der Waals surface area contributed by atoms with Crippen LogP contribution in [0.25, 0.3) is 0 Å². The molecule has 0 aromatic rings. The lowest BCUT2D eigenvalue weighted by atomic mass is 10.2. The van der Waals surface area contributed by atoms with Gasteiger partial charge in [0, 0.05) is 19.8 Å². The molecule has 0 heterocycles. The van der Waals surface area contributed by atoms with Gasteiger partial charge in [-0.15, -0.1) is 0 Å². The largest absolute Gasteiger partial charge is 0.382 e. The lowest BCUT2D eigenvalue weighted by molar-refractivity contribution is -0.109. The van der Waals surface area contributed by atoms with Crippen LogP contribution in [0.2, 0.25) is 0 Å². The highest BCUT2D eigenvalue weighted by Crippen LogP contribution is 1.93. The van der Waals surface area contributed by atoms with E-state index < -0.39 is 0 Å². The van der Waals surface area contributed by atoms with Crippen molar-refractivity contribution >= 4 is 6.41 Å². The van der Waals surface area contributed by atoms with E-state index in [0.717, 1.165) is 45.4 Å². The molecule has 0 spiro atoms. The summed E-state index contributed by atoms with van der Waals surface area (Å²) in [7, 11) is 0. The number of hydrogen-bond acceptors (Lipinski definition) is 2. The first kappa shape index (κ1) is 10.4. The summed E-state index contributed by atoms with van der Waals surface area (Å²) in [4.78, 5) is 9.80. The van der Waals surface area contributed by atoms with E-state index in [2.05, 4.69) is 5.32 Å². The Morgan fingerprint density at radius 2 is 2.18 bits per heavy atom. The second-order valence-corrected chi connectivity index (χ2v) is 2.33. The molecule has 0 rings (SSSR count). The third kappa shape index (κ3) is 9.43. The maximum absolute atomic E-state index is 9.80. The van der Waals surface area contributed by atoms with Crippen LogP contribution < -0.4 is 5.32 Å². The van der Waals surface area contributed by atoms with Crippen molar-refractivity contribution in [3.05, 3.63) is 0 Å². The van der Waals surface area contributed by atoms with Crippen molar-refractivity contribution in [3.63, 3.8) is 0 Å². The summed E-state index contributed by atoms with van der Waals surface area (Å²) in [6, 6.07) is 0. The Hall–Kier alpha value is -0.570. The summed E-state index contributed by atoms with van der Waals surface area (Å²) < 4.78 is 5.15. The molecule has 0 aliphatic heterocycles. The third-order valence-electron chi connectivity index (χ3n) is 1.40. The molecule has 66 valence electrons. The maximum Gasteiger partial charge on any atom is 0.207 e. The molecule has 0 aromatic carbocycles. The molecule has 0 atom stereocenters. The average Bonchev–Trinajstić information content (AvgIpc) is 2.03. The van der Waals surface area contributed by atoms with E-state index in [4.69, 9.17) is 4.74 Å². The normalized spacial score (nSPS) is 9.55. The van der Waals surface area contributed by atoms with Crippen LogP contribution in [0, 0.1) is 0 Å². The van der Waals surface area contributed by atoms with E-state index in [1.54, 1.807) is 0 Å². The van der Waals surface area contributed by atoms with Gasteiger partial charge in [-0.2, -0.15) is 0 Å². The van der Waals surface area contributed by atoms with Crippen molar-refractivity contribution in [2.24, 2.45) is 0 Å². The van der Waals surface area contributed by atoms with Crippen molar-refractivity contribution in [1.29, 1.82) is 0 Å². The lowest BCUT2D eigenvalue weighted by Crippen LogP contribution is -2.11. The van der Waals surface area contributed by atoms with Crippen LogP contribution in [0.15, 0.2) is 0 Å². The van der Waals surface area contributed by atoms with Crippen molar-refractivity contribution < 1.29 is 9.53 Å².